The van der Waals surface area contributed by atoms with Crippen molar-refractivity contribution in [2.24, 2.45) is 0 Å². The van der Waals surface area contributed by atoms with E-state index in [1.165, 1.54) is 13.0 Å². The second-order valence-electron chi connectivity index (χ2n) is 9.74. The molecule has 248 valence electrons. The van der Waals surface area contributed by atoms with Gasteiger partial charge in [-0.15, -0.1) is 0 Å². The lowest BCUT2D eigenvalue weighted by molar-refractivity contribution is -0.136. The van der Waals surface area contributed by atoms with Gasteiger partial charge in [0.05, 0.1) is 78.9 Å². The van der Waals surface area contributed by atoms with Crippen LogP contribution in [0, 0.1) is 13.8 Å². The van der Waals surface area contributed by atoms with Crippen molar-refractivity contribution < 1.29 is 51.9 Å². The van der Waals surface area contributed by atoms with Crippen LogP contribution in [0.3, 0.4) is 0 Å². The number of methoxy groups -OCH3 is 2. The van der Waals surface area contributed by atoms with Crippen molar-refractivity contribution in [3.8, 4) is 23.0 Å². The Kier molecular flexibility index (Phi) is 14.4. The van der Waals surface area contributed by atoms with Gasteiger partial charge in [0.2, 0.25) is 5.43 Å². The van der Waals surface area contributed by atoms with Gasteiger partial charge in [0.1, 0.15) is 11.2 Å². The number of aryl methyl sites for hydroxylation is 1. The van der Waals surface area contributed by atoms with Gasteiger partial charge < -0.3 is 53.8 Å². The second kappa shape index (κ2) is 18.2. The zero-order valence-corrected chi connectivity index (χ0v) is 26.1. The predicted molar refractivity (Wildman–Crippen MR) is 163 cm³/mol. The van der Waals surface area contributed by atoms with E-state index in [2.05, 4.69) is 4.98 Å². The number of nitrogen functional groups attached to an aromatic ring is 2. The fraction of sp³-hybridized carbons (Fsp3) is 0.533. The predicted octanol–water partition coefficient (Wildman–Crippen LogP) is 2.02. The average Bonchev–Trinajstić information content (AvgIpc) is 3.02. The standard InChI is InChI=1S/C30H41N3O12/c1-18-20(31)17-21(43-22(34)5-7-39-13-15-41-11-9-37-3)25-28(18)45-29-19(2)27(36)24(32)30(26(29)33-25)44-23(35)6-8-40-14-16-42-12-10-38-4/h17H,5-16,31-32H2,1-4H3. The number of fused-ring (bicyclic) bond motifs is 2. The molecular formula is C30H41N3O12. The highest BCUT2D eigenvalue weighted by atomic mass is 16.6. The van der Waals surface area contributed by atoms with E-state index in [-0.39, 0.29) is 83.7 Å². The molecule has 45 heavy (non-hydrogen) atoms. The van der Waals surface area contributed by atoms with Crippen LogP contribution in [-0.2, 0) is 38.0 Å². The molecule has 1 heterocycles. The third-order valence-corrected chi connectivity index (χ3v) is 6.49. The number of nitrogens with zero attached hydrogens (tertiary/aromatic N) is 1. The molecule has 0 atom stereocenters. The number of carbonyl (C=O) groups excluding carboxylic acids is 2. The van der Waals surface area contributed by atoms with Crippen LogP contribution in [0.15, 0.2) is 15.3 Å². The molecule has 0 saturated carbocycles. The number of benzene rings is 2. The van der Waals surface area contributed by atoms with E-state index >= 15 is 0 Å². The molecule has 0 fully saturated rings. The highest BCUT2D eigenvalue weighted by Gasteiger charge is 2.28. The minimum atomic E-state index is -0.710. The van der Waals surface area contributed by atoms with Gasteiger partial charge in [-0.1, -0.05) is 0 Å². The number of hydrogen-bond acceptors (Lipinski definition) is 15. The van der Waals surface area contributed by atoms with Gasteiger partial charge in [0, 0.05) is 37.1 Å². The largest absolute Gasteiger partial charge is 0.452 e. The summed E-state index contributed by atoms with van der Waals surface area (Å²) in [5, 5.41) is 0. The van der Waals surface area contributed by atoms with Crippen LogP contribution in [0.5, 0.6) is 11.5 Å². The summed E-state index contributed by atoms with van der Waals surface area (Å²) in [5.41, 5.74) is 12.6. The van der Waals surface area contributed by atoms with Crippen LogP contribution >= 0.6 is 0 Å². The minimum absolute atomic E-state index is 0.00353. The Bertz CT molecular complexity index is 1460. The fourth-order valence-electron chi connectivity index (χ4n) is 3.99. The highest BCUT2D eigenvalue weighted by Crippen LogP contribution is 2.41. The topological polar surface area (TPSA) is 203 Å². The Hall–Kier alpha value is -3.86. The zero-order chi connectivity index (χ0) is 32.8. The summed E-state index contributed by atoms with van der Waals surface area (Å²) in [6.07, 6.45) is -0.195. The summed E-state index contributed by atoms with van der Waals surface area (Å²) in [7, 11) is 3.16. The molecule has 3 rings (SSSR count). The van der Waals surface area contributed by atoms with E-state index in [1.54, 1.807) is 21.1 Å². The number of rotatable bonds is 20. The van der Waals surface area contributed by atoms with E-state index in [9.17, 15) is 14.4 Å². The van der Waals surface area contributed by atoms with Crippen molar-refractivity contribution >= 4 is 34.4 Å². The van der Waals surface area contributed by atoms with Crippen molar-refractivity contribution in [2.75, 3.05) is 91.8 Å². The number of hydrogen-bond donors (Lipinski definition) is 2. The second-order valence-corrected chi connectivity index (χ2v) is 9.74. The summed E-state index contributed by atoms with van der Waals surface area (Å²) >= 11 is 0. The summed E-state index contributed by atoms with van der Waals surface area (Å²) in [4.78, 5) is 42.9. The monoisotopic (exact) mass is 635 g/mol. The number of carbonyl (C=O) groups is 2. The van der Waals surface area contributed by atoms with Crippen LogP contribution in [0.25, 0.3) is 22.6 Å². The van der Waals surface area contributed by atoms with Gasteiger partial charge >= 0.3 is 11.9 Å². The van der Waals surface area contributed by atoms with E-state index in [0.717, 1.165) is 0 Å². The molecule has 0 bridgehead atoms. The van der Waals surface area contributed by atoms with Crippen LogP contribution < -0.4 is 26.4 Å². The maximum Gasteiger partial charge on any atom is 0.313 e. The number of nitrogens with two attached hydrogens (primary N) is 2. The Morgan fingerprint density at radius 3 is 1.82 bits per heavy atom. The van der Waals surface area contributed by atoms with Crippen molar-refractivity contribution in [1.29, 1.82) is 0 Å². The molecule has 0 saturated heterocycles. The zero-order valence-electron chi connectivity index (χ0n) is 26.1. The first-order chi connectivity index (χ1) is 21.7. The number of ether oxygens (including phenoxy) is 8. The summed E-state index contributed by atoms with van der Waals surface area (Å²) in [6, 6.07) is 1.44. The molecule has 1 aliphatic heterocycles. The van der Waals surface area contributed by atoms with Crippen LogP contribution in [0.1, 0.15) is 24.0 Å². The highest BCUT2D eigenvalue weighted by molar-refractivity contribution is 5.93. The normalized spacial score (nSPS) is 11.4. The molecular weight excluding hydrogens is 594 g/mol. The van der Waals surface area contributed by atoms with Gasteiger partial charge in [-0.25, -0.2) is 4.98 Å². The maximum absolute atomic E-state index is 12.9. The van der Waals surface area contributed by atoms with Crippen molar-refractivity contribution in [3.05, 3.63) is 27.4 Å². The molecule has 0 unspecified atom stereocenters. The van der Waals surface area contributed by atoms with Crippen LogP contribution in [-0.4, -0.2) is 97.2 Å². The van der Waals surface area contributed by atoms with Crippen molar-refractivity contribution in [2.45, 2.75) is 26.7 Å². The Labute approximate surface area is 260 Å². The first-order valence-electron chi connectivity index (χ1n) is 14.3. The summed E-state index contributed by atoms with van der Waals surface area (Å²) in [6.45, 7) is 6.41. The van der Waals surface area contributed by atoms with Gasteiger partial charge in [0.15, 0.2) is 28.5 Å². The lowest BCUT2D eigenvalue weighted by Crippen LogP contribution is -2.20. The molecule has 1 aliphatic carbocycles. The van der Waals surface area contributed by atoms with E-state index in [4.69, 9.17) is 53.8 Å². The summed E-state index contributed by atoms with van der Waals surface area (Å²) in [5.74, 6) is -1.54. The quantitative estimate of drug-likeness (QED) is 0.0599. The van der Waals surface area contributed by atoms with E-state index in [0.29, 0.717) is 51.8 Å². The lowest BCUT2D eigenvalue weighted by atomic mass is 10.1. The molecule has 0 spiro atoms. The summed E-state index contributed by atoms with van der Waals surface area (Å²) < 4.78 is 48.4. The molecule has 1 aromatic rings. The van der Waals surface area contributed by atoms with Gasteiger partial charge in [-0.05, 0) is 13.8 Å². The lowest BCUT2D eigenvalue weighted by Gasteiger charge is -2.18. The molecule has 15 nitrogen and oxygen atoms in total. The molecule has 0 amide bonds. The van der Waals surface area contributed by atoms with E-state index in [1.807, 2.05) is 0 Å². The Morgan fingerprint density at radius 1 is 0.756 bits per heavy atom. The molecule has 0 radical (unpaired) electrons. The fourth-order valence-corrected chi connectivity index (χ4v) is 3.99. The SMILES string of the molecule is COCCOCCOCCC(=O)Oc1c2nc3c(OC(=O)CCOCCOCCOC)cc(N)c(C)c3oc-2c(C)c(=O)c1N. The molecule has 4 N–H and O–H groups in total. The maximum atomic E-state index is 12.9. The van der Waals surface area contributed by atoms with Gasteiger partial charge in [-0.3, -0.25) is 14.4 Å². The van der Waals surface area contributed by atoms with Crippen LogP contribution in [0.4, 0.5) is 11.4 Å². The van der Waals surface area contributed by atoms with E-state index < -0.39 is 17.4 Å². The van der Waals surface area contributed by atoms with Crippen LogP contribution in [0.2, 0.25) is 0 Å². The van der Waals surface area contributed by atoms with Crippen molar-refractivity contribution in [1.82, 2.24) is 4.98 Å². The molecule has 15 heteroatoms. The Morgan fingerprint density at radius 2 is 1.27 bits per heavy atom. The third kappa shape index (κ3) is 10.1. The molecule has 2 aliphatic rings. The average molecular weight is 636 g/mol. The molecule has 1 aromatic carbocycles. The van der Waals surface area contributed by atoms with Gasteiger partial charge in [-0.2, -0.15) is 0 Å². The first kappa shape index (κ1) is 35.6. The smallest absolute Gasteiger partial charge is 0.313 e. The Balaban J connectivity index is 1.78. The minimum Gasteiger partial charge on any atom is -0.452 e. The number of esters is 2. The van der Waals surface area contributed by atoms with Crippen molar-refractivity contribution in [3.63, 3.8) is 0 Å². The van der Waals surface area contributed by atoms with Gasteiger partial charge in [0.25, 0.3) is 0 Å². The third-order valence-electron chi connectivity index (χ3n) is 6.49. The first-order valence-corrected chi connectivity index (χ1v) is 14.3. The number of aromatic nitrogens is 1. The molecule has 0 aromatic heterocycles. The number of anilines is 2.